The lowest BCUT2D eigenvalue weighted by atomic mass is 9.53. The van der Waals surface area contributed by atoms with Crippen LogP contribution in [0.1, 0.15) is 17.5 Å². The number of fused-ring (bicyclic) bond motifs is 1. The van der Waals surface area contributed by atoms with E-state index in [1.807, 2.05) is 30.3 Å². The molecule has 2 aromatic carbocycles. The summed E-state index contributed by atoms with van der Waals surface area (Å²) in [4.78, 5) is 7.28. The molecule has 0 radical (unpaired) electrons. The number of aromatic nitrogens is 1. The molecule has 2 aliphatic carbocycles. The van der Waals surface area contributed by atoms with E-state index < -0.39 is 0 Å². The lowest BCUT2D eigenvalue weighted by Gasteiger charge is -2.56. The summed E-state index contributed by atoms with van der Waals surface area (Å²) in [6, 6.07) is 16.8. The second-order valence-corrected chi connectivity index (χ2v) is 9.89. The molecular formula is C28H28N2O4. The van der Waals surface area contributed by atoms with Crippen molar-refractivity contribution in [3.05, 3.63) is 71.8 Å². The van der Waals surface area contributed by atoms with Gasteiger partial charge in [0.2, 0.25) is 5.88 Å². The zero-order valence-electron chi connectivity index (χ0n) is 19.4. The van der Waals surface area contributed by atoms with Gasteiger partial charge in [0.05, 0.1) is 5.52 Å². The van der Waals surface area contributed by atoms with Crippen LogP contribution in [0, 0.1) is 5.92 Å². The zero-order valence-corrected chi connectivity index (χ0v) is 19.4. The number of likely N-dealkylation sites (tertiary alicyclic amines) is 1. The van der Waals surface area contributed by atoms with Crippen LogP contribution < -0.4 is 14.2 Å². The molecule has 174 valence electrons. The van der Waals surface area contributed by atoms with Crippen LogP contribution in [0.25, 0.3) is 10.9 Å². The van der Waals surface area contributed by atoms with Crippen LogP contribution in [0.15, 0.2) is 60.7 Å². The number of hydrogen-bond donors (Lipinski definition) is 0. The van der Waals surface area contributed by atoms with Crippen molar-refractivity contribution in [3.63, 3.8) is 0 Å². The molecule has 2 aliphatic heterocycles. The number of likely N-dealkylation sites (N-methyl/N-ethyl adjacent to an activating group) is 1. The predicted octanol–water partition coefficient (Wildman–Crippen LogP) is 4.11. The highest BCUT2D eigenvalue weighted by molar-refractivity contribution is 5.78. The zero-order chi connectivity index (χ0) is 22.9. The summed E-state index contributed by atoms with van der Waals surface area (Å²) in [5.74, 6) is 2.63. The number of methoxy groups -OCH3 is 1. The van der Waals surface area contributed by atoms with E-state index in [0.717, 1.165) is 41.8 Å². The Kier molecular flexibility index (Phi) is 4.45. The summed E-state index contributed by atoms with van der Waals surface area (Å²) in [6.45, 7) is 1.23. The summed E-state index contributed by atoms with van der Waals surface area (Å²) in [5.41, 5.74) is 3.50. The minimum absolute atomic E-state index is 0.122. The molecule has 0 N–H and O–H groups in total. The minimum Gasteiger partial charge on any atom is -0.481 e. The highest BCUT2D eigenvalue weighted by Crippen LogP contribution is 2.62. The molecule has 1 spiro atoms. The van der Waals surface area contributed by atoms with Crippen molar-refractivity contribution in [3.8, 4) is 17.4 Å². The van der Waals surface area contributed by atoms with E-state index in [0.29, 0.717) is 17.8 Å². The van der Waals surface area contributed by atoms with Gasteiger partial charge in [0.1, 0.15) is 6.10 Å². The lowest BCUT2D eigenvalue weighted by molar-refractivity contribution is -0.0396. The number of piperidine rings is 1. The molecule has 6 nitrogen and oxygen atoms in total. The SMILES string of the molecule is COCOc1ccc2c3c1O[C@H]1[C@@H](Oc4ccc5ccccc5n4)C=C[C@H]4[C@@H](C2)N(C)CC[C@@]341. The summed E-state index contributed by atoms with van der Waals surface area (Å²) >= 11 is 0. The van der Waals surface area contributed by atoms with Gasteiger partial charge in [-0.1, -0.05) is 30.3 Å². The molecule has 0 saturated carbocycles. The van der Waals surface area contributed by atoms with Crippen molar-refractivity contribution < 1.29 is 18.9 Å². The van der Waals surface area contributed by atoms with Crippen LogP contribution in [0.4, 0.5) is 0 Å². The lowest BCUT2D eigenvalue weighted by Crippen LogP contribution is -2.65. The normalized spacial score (nSPS) is 30.6. The Morgan fingerprint density at radius 3 is 2.94 bits per heavy atom. The Bertz CT molecular complexity index is 1310. The molecule has 0 amide bonds. The first-order chi connectivity index (χ1) is 16.7. The van der Waals surface area contributed by atoms with E-state index in [2.05, 4.69) is 42.3 Å². The third kappa shape index (κ3) is 2.72. The van der Waals surface area contributed by atoms with Gasteiger partial charge in [-0.25, -0.2) is 4.98 Å². The minimum atomic E-state index is -0.234. The van der Waals surface area contributed by atoms with E-state index >= 15 is 0 Å². The van der Waals surface area contributed by atoms with Gasteiger partial charge in [-0.05, 0) is 56.3 Å². The maximum Gasteiger partial charge on any atom is 0.214 e. The van der Waals surface area contributed by atoms with Crippen molar-refractivity contribution >= 4 is 10.9 Å². The average molecular weight is 457 g/mol. The van der Waals surface area contributed by atoms with Crippen LogP contribution in [-0.4, -0.2) is 55.6 Å². The summed E-state index contributed by atoms with van der Waals surface area (Å²) < 4.78 is 24.5. The first-order valence-electron chi connectivity index (χ1n) is 12.0. The van der Waals surface area contributed by atoms with Crippen molar-refractivity contribution in [1.29, 1.82) is 0 Å². The molecule has 7 rings (SSSR count). The first kappa shape index (κ1) is 20.3. The fraction of sp³-hybridized carbons (Fsp3) is 0.393. The van der Waals surface area contributed by atoms with Gasteiger partial charge >= 0.3 is 0 Å². The van der Waals surface area contributed by atoms with E-state index in [4.69, 9.17) is 23.9 Å². The van der Waals surface area contributed by atoms with Crippen LogP contribution >= 0.6 is 0 Å². The fourth-order valence-electron chi connectivity index (χ4n) is 6.80. The summed E-state index contributed by atoms with van der Waals surface area (Å²) in [6.07, 6.45) is 6.26. The molecule has 4 aliphatic rings. The number of hydrogen-bond acceptors (Lipinski definition) is 6. The molecule has 1 aromatic heterocycles. The number of pyridine rings is 1. The number of benzene rings is 2. The highest BCUT2D eigenvalue weighted by Gasteiger charge is 2.65. The molecule has 3 heterocycles. The van der Waals surface area contributed by atoms with Crippen molar-refractivity contribution in [1.82, 2.24) is 9.88 Å². The fourth-order valence-corrected chi connectivity index (χ4v) is 6.80. The Morgan fingerprint density at radius 2 is 2.03 bits per heavy atom. The number of rotatable bonds is 5. The maximum absolute atomic E-state index is 6.81. The third-order valence-electron chi connectivity index (χ3n) is 8.28. The van der Waals surface area contributed by atoms with Gasteiger partial charge in [0.25, 0.3) is 0 Å². The third-order valence-corrected chi connectivity index (χ3v) is 8.28. The van der Waals surface area contributed by atoms with Crippen LogP contribution in [0.2, 0.25) is 0 Å². The van der Waals surface area contributed by atoms with E-state index in [-0.39, 0.29) is 24.4 Å². The Morgan fingerprint density at radius 1 is 1.12 bits per heavy atom. The van der Waals surface area contributed by atoms with Gasteiger partial charge in [-0.15, -0.1) is 0 Å². The molecule has 0 unspecified atom stereocenters. The molecule has 6 heteroatoms. The van der Waals surface area contributed by atoms with Crippen molar-refractivity contribution in [2.75, 3.05) is 27.5 Å². The molecule has 1 saturated heterocycles. The predicted molar refractivity (Wildman–Crippen MR) is 129 cm³/mol. The van der Waals surface area contributed by atoms with Gasteiger partial charge in [-0.2, -0.15) is 0 Å². The smallest absolute Gasteiger partial charge is 0.214 e. The second kappa shape index (κ2) is 7.45. The average Bonchev–Trinajstić information content (AvgIpc) is 3.22. The van der Waals surface area contributed by atoms with Gasteiger partial charge in [-0.3, -0.25) is 0 Å². The van der Waals surface area contributed by atoms with E-state index in [1.165, 1.54) is 11.1 Å². The number of para-hydroxylation sites is 1. The molecule has 34 heavy (non-hydrogen) atoms. The quantitative estimate of drug-likeness (QED) is 0.426. The molecule has 3 aromatic rings. The van der Waals surface area contributed by atoms with Gasteiger partial charge in [0, 0.05) is 41.5 Å². The van der Waals surface area contributed by atoms with E-state index in [1.54, 1.807) is 7.11 Å². The Labute approximate surface area is 199 Å². The Balaban J connectivity index is 1.32. The van der Waals surface area contributed by atoms with E-state index in [9.17, 15) is 0 Å². The first-order valence-corrected chi connectivity index (χ1v) is 12.0. The summed E-state index contributed by atoms with van der Waals surface area (Å²) in [7, 11) is 3.89. The van der Waals surface area contributed by atoms with Crippen LogP contribution in [0.5, 0.6) is 17.4 Å². The Hall–Kier alpha value is -3.09. The van der Waals surface area contributed by atoms with Crippen molar-refractivity contribution in [2.45, 2.75) is 36.5 Å². The van der Waals surface area contributed by atoms with Crippen molar-refractivity contribution in [2.24, 2.45) is 5.92 Å². The number of ether oxygens (including phenoxy) is 4. The molecule has 2 bridgehead atoms. The molecular weight excluding hydrogens is 428 g/mol. The molecule has 1 fully saturated rings. The maximum atomic E-state index is 6.81. The summed E-state index contributed by atoms with van der Waals surface area (Å²) in [5, 5.41) is 1.10. The number of nitrogens with zero attached hydrogens (tertiary/aromatic N) is 2. The van der Waals surface area contributed by atoms with Crippen LogP contribution in [0.3, 0.4) is 0 Å². The second-order valence-electron chi connectivity index (χ2n) is 9.89. The standard InChI is InChI=1S/C28H28N2O4/c1-30-14-13-28-19-9-11-23(33-24-12-8-17-5-3-4-6-20(17)29-24)27(28)34-26-22(32-16-31-2)10-7-18(25(26)28)15-21(19)30/h3-12,19,21,23,27H,13-16H2,1-2H3/t19-,21+,23-,27-,28-/m0/s1. The van der Waals surface area contributed by atoms with Gasteiger partial charge < -0.3 is 23.8 Å². The molecule has 5 atom stereocenters. The van der Waals surface area contributed by atoms with Gasteiger partial charge in [0.15, 0.2) is 24.4 Å². The monoisotopic (exact) mass is 456 g/mol. The van der Waals surface area contributed by atoms with Crippen LogP contribution in [-0.2, 0) is 16.6 Å². The highest BCUT2D eigenvalue weighted by atomic mass is 16.7. The largest absolute Gasteiger partial charge is 0.481 e. The topological polar surface area (TPSA) is 53.1 Å².